The van der Waals surface area contributed by atoms with E-state index in [1.165, 1.54) is 19.1 Å². The Bertz CT molecular complexity index is 1280. The van der Waals surface area contributed by atoms with Gasteiger partial charge in [-0.15, -0.1) is 0 Å². The van der Waals surface area contributed by atoms with Crippen LogP contribution >= 0.6 is 0 Å². The van der Waals surface area contributed by atoms with Gasteiger partial charge in [0.15, 0.2) is 11.1 Å². The van der Waals surface area contributed by atoms with Gasteiger partial charge in [0.05, 0.1) is 20.8 Å². The molecule has 35 heavy (non-hydrogen) atoms. The fourth-order valence-electron chi connectivity index (χ4n) is 3.96. The van der Waals surface area contributed by atoms with Crippen LogP contribution in [0.15, 0.2) is 47.0 Å². The summed E-state index contributed by atoms with van der Waals surface area (Å²) in [5.41, 5.74) is 0.824. The van der Waals surface area contributed by atoms with Gasteiger partial charge in [-0.3, -0.25) is 24.7 Å². The number of imide groups is 1. The fourth-order valence-corrected chi connectivity index (χ4v) is 3.96. The Morgan fingerprint density at radius 3 is 2.60 bits per heavy atom. The second kappa shape index (κ2) is 9.45. The number of amides is 4. The monoisotopic (exact) mass is 480 g/mol. The van der Waals surface area contributed by atoms with Crippen LogP contribution in [0.25, 0.3) is 11.1 Å². The van der Waals surface area contributed by atoms with Crippen molar-refractivity contribution in [2.45, 2.75) is 25.4 Å². The molecule has 2 N–H and O–H groups in total. The minimum absolute atomic E-state index is 0.0831. The number of benzene rings is 1. The van der Waals surface area contributed by atoms with Crippen LogP contribution in [0.1, 0.15) is 35.0 Å². The first-order valence-electron chi connectivity index (χ1n) is 10.8. The number of hydrogen-bond acceptors (Lipinski definition) is 8. The number of esters is 1. The van der Waals surface area contributed by atoms with Crippen molar-refractivity contribution in [3.63, 3.8) is 0 Å². The van der Waals surface area contributed by atoms with Gasteiger partial charge >= 0.3 is 12.0 Å². The van der Waals surface area contributed by atoms with E-state index in [9.17, 15) is 19.2 Å². The first kappa shape index (κ1) is 23.7. The van der Waals surface area contributed by atoms with Crippen LogP contribution in [0.5, 0.6) is 5.75 Å². The van der Waals surface area contributed by atoms with E-state index in [4.69, 9.17) is 9.15 Å². The zero-order valence-electron chi connectivity index (χ0n) is 19.4. The molecule has 11 heteroatoms. The Hall–Kier alpha value is -4.41. The molecule has 5 rings (SSSR count). The number of ether oxygens (including phenoxy) is 2. The summed E-state index contributed by atoms with van der Waals surface area (Å²) in [5, 5.41) is 4.90. The van der Waals surface area contributed by atoms with E-state index in [0.717, 1.165) is 5.56 Å². The van der Waals surface area contributed by atoms with Crippen molar-refractivity contribution in [2.24, 2.45) is 0 Å². The number of carbonyl (C=O) groups is 4. The van der Waals surface area contributed by atoms with E-state index in [1.54, 1.807) is 43.5 Å². The van der Waals surface area contributed by atoms with Crippen molar-refractivity contribution < 1.29 is 33.1 Å². The van der Waals surface area contributed by atoms with Crippen LogP contribution in [-0.4, -0.2) is 54.5 Å². The van der Waals surface area contributed by atoms with Crippen molar-refractivity contribution in [2.75, 3.05) is 20.8 Å². The van der Waals surface area contributed by atoms with E-state index < -0.39 is 17.5 Å². The van der Waals surface area contributed by atoms with Crippen LogP contribution in [-0.2, 0) is 26.4 Å². The standard InChI is InChI=1S/C20H16N4O5.C4H8O2/c1-28-12-5-4-11-9-24(17(25)13(11)7-12)10-20(18(26)22-19(27)23-20)16-8-14-15(29-16)3-2-6-21-14;1-3-4(5)6-2/h2-8H,9-10H2,1H3,(H2,22,23,26,27);3H2,1-2H3/t20-;/m0./s1. The molecule has 4 amide bonds. The van der Waals surface area contributed by atoms with Crippen LogP contribution in [0.2, 0.25) is 0 Å². The number of methoxy groups -OCH3 is 2. The molecule has 0 spiro atoms. The third-order valence-corrected chi connectivity index (χ3v) is 5.79. The highest BCUT2D eigenvalue weighted by Crippen LogP contribution is 2.34. The minimum atomic E-state index is -1.54. The molecule has 1 saturated heterocycles. The molecule has 3 aromatic rings. The van der Waals surface area contributed by atoms with Gasteiger partial charge in [-0.25, -0.2) is 4.79 Å². The summed E-state index contributed by atoms with van der Waals surface area (Å²) in [5.74, 6) is -0.195. The lowest BCUT2D eigenvalue weighted by Crippen LogP contribution is -2.52. The molecule has 0 unspecified atom stereocenters. The number of rotatable bonds is 5. The summed E-state index contributed by atoms with van der Waals surface area (Å²) >= 11 is 0. The molecule has 11 nitrogen and oxygen atoms in total. The zero-order chi connectivity index (χ0) is 25.2. The summed E-state index contributed by atoms with van der Waals surface area (Å²) < 4.78 is 15.3. The van der Waals surface area contributed by atoms with Crippen LogP contribution in [0, 0.1) is 0 Å². The average Bonchev–Trinajstić information content (AvgIpc) is 3.52. The molecule has 2 aromatic heterocycles. The summed E-state index contributed by atoms with van der Waals surface area (Å²) in [6, 6.07) is 9.66. The van der Waals surface area contributed by atoms with E-state index in [2.05, 4.69) is 20.4 Å². The first-order valence-corrected chi connectivity index (χ1v) is 10.8. The number of furan rings is 1. The largest absolute Gasteiger partial charge is 0.497 e. The molecule has 4 heterocycles. The lowest BCUT2D eigenvalue weighted by atomic mass is 9.95. The Kier molecular flexibility index (Phi) is 6.41. The third kappa shape index (κ3) is 4.39. The molecule has 2 aliphatic heterocycles. The average molecular weight is 480 g/mol. The van der Waals surface area contributed by atoms with Gasteiger partial charge in [-0.05, 0) is 29.8 Å². The smallest absolute Gasteiger partial charge is 0.322 e. The number of pyridine rings is 1. The molecule has 1 aromatic carbocycles. The van der Waals surface area contributed by atoms with Crippen molar-refractivity contribution in [3.8, 4) is 5.75 Å². The molecule has 182 valence electrons. The third-order valence-electron chi connectivity index (χ3n) is 5.79. The van der Waals surface area contributed by atoms with Crippen LogP contribution in [0.4, 0.5) is 4.79 Å². The van der Waals surface area contributed by atoms with Crippen molar-refractivity contribution in [1.82, 2.24) is 20.5 Å². The number of aromatic nitrogens is 1. The Balaban J connectivity index is 0.000000431. The highest BCUT2D eigenvalue weighted by molar-refractivity contribution is 6.08. The maximum absolute atomic E-state index is 13.0. The molecular weight excluding hydrogens is 456 g/mol. The summed E-state index contributed by atoms with van der Waals surface area (Å²) in [6.07, 6.45) is 2.08. The second-order valence-corrected chi connectivity index (χ2v) is 7.92. The van der Waals surface area contributed by atoms with Gasteiger partial charge in [0.25, 0.3) is 11.8 Å². The van der Waals surface area contributed by atoms with Crippen molar-refractivity contribution in [1.29, 1.82) is 0 Å². The molecule has 0 saturated carbocycles. The molecular formula is C24H24N4O7. The number of urea groups is 1. The Morgan fingerprint density at radius 2 is 2.00 bits per heavy atom. The normalized spacial score (nSPS) is 18.5. The minimum Gasteiger partial charge on any atom is -0.497 e. The van der Waals surface area contributed by atoms with Crippen molar-refractivity contribution in [3.05, 3.63) is 59.5 Å². The molecule has 0 aliphatic carbocycles. The van der Waals surface area contributed by atoms with E-state index in [0.29, 0.717) is 35.4 Å². The molecule has 1 atom stereocenters. The number of hydrogen-bond donors (Lipinski definition) is 2. The van der Waals surface area contributed by atoms with Crippen molar-refractivity contribution >= 4 is 34.9 Å². The second-order valence-electron chi connectivity index (χ2n) is 7.92. The number of fused-ring (bicyclic) bond motifs is 2. The van der Waals surface area contributed by atoms with Crippen LogP contribution in [0.3, 0.4) is 0 Å². The fraction of sp³-hybridized carbons (Fsp3) is 0.292. The van der Waals surface area contributed by atoms with Gasteiger partial charge in [0.2, 0.25) is 0 Å². The van der Waals surface area contributed by atoms with Gasteiger partial charge in [-0.1, -0.05) is 13.0 Å². The van der Waals surface area contributed by atoms with Gasteiger partial charge in [0, 0.05) is 30.8 Å². The maximum atomic E-state index is 13.0. The highest BCUT2D eigenvalue weighted by Gasteiger charge is 2.53. The van der Waals surface area contributed by atoms with E-state index >= 15 is 0 Å². The maximum Gasteiger partial charge on any atom is 0.322 e. The van der Waals surface area contributed by atoms with Gasteiger partial charge < -0.3 is 24.1 Å². The Labute approximate surface area is 200 Å². The van der Waals surface area contributed by atoms with E-state index in [1.807, 2.05) is 6.07 Å². The quantitative estimate of drug-likeness (QED) is 0.418. The molecule has 0 bridgehead atoms. The number of nitrogens with one attached hydrogen (secondary N) is 2. The SMILES string of the molecule is CCC(=O)OC.COc1ccc2c(c1)C(=O)N(C[C@@]1(c3cc4ncccc4o3)NC(=O)NC1=O)C2. The predicted octanol–water partition coefficient (Wildman–Crippen LogP) is 2.10. The predicted molar refractivity (Wildman–Crippen MR) is 122 cm³/mol. The lowest BCUT2D eigenvalue weighted by Gasteiger charge is -2.28. The van der Waals surface area contributed by atoms with Gasteiger partial charge in [-0.2, -0.15) is 0 Å². The molecule has 1 fully saturated rings. The summed E-state index contributed by atoms with van der Waals surface area (Å²) in [6.45, 7) is 1.98. The lowest BCUT2D eigenvalue weighted by molar-refractivity contribution is -0.140. The summed E-state index contributed by atoms with van der Waals surface area (Å²) in [4.78, 5) is 53.5. The topological polar surface area (TPSA) is 140 Å². The number of nitrogens with zero attached hydrogens (tertiary/aromatic N) is 2. The molecule has 2 aliphatic rings. The number of carbonyl (C=O) groups excluding carboxylic acids is 4. The Morgan fingerprint density at radius 1 is 1.20 bits per heavy atom. The first-order chi connectivity index (χ1) is 16.8. The molecule has 0 radical (unpaired) electrons. The van der Waals surface area contributed by atoms with Crippen LogP contribution < -0.4 is 15.4 Å². The zero-order valence-corrected chi connectivity index (χ0v) is 19.4. The van der Waals surface area contributed by atoms with E-state index in [-0.39, 0.29) is 24.2 Å². The van der Waals surface area contributed by atoms with Gasteiger partial charge in [0.1, 0.15) is 17.0 Å². The highest BCUT2D eigenvalue weighted by atomic mass is 16.5. The summed E-state index contributed by atoms with van der Waals surface area (Å²) in [7, 11) is 2.91.